The standard InChI is InChI=1S/C18H18N4O2S/c1-9(2)12-8-7-11-14(19)15(25-18(11)22-12)17(24)21-13-6-4-3-5-10(13)16(20)23/h3-9H,19H2,1-2H3,(H2,20,23)(H,21,24). The SMILES string of the molecule is CC(C)c1ccc2c(N)c(C(=O)Nc3ccccc3C(N)=O)sc2n1. The van der Waals surface area contributed by atoms with Gasteiger partial charge in [-0.1, -0.05) is 26.0 Å². The van der Waals surface area contributed by atoms with Gasteiger partial charge in [0.1, 0.15) is 9.71 Å². The maximum atomic E-state index is 12.6. The lowest BCUT2D eigenvalue weighted by Gasteiger charge is -2.08. The fourth-order valence-corrected chi connectivity index (χ4v) is 3.48. The molecule has 2 aromatic heterocycles. The first-order valence-electron chi connectivity index (χ1n) is 7.77. The van der Waals surface area contributed by atoms with E-state index in [-0.39, 0.29) is 17.4 Å². The van der Waals surface area contributed by atoms with E-state index in [9.17, 15) is 9.59 Å². The maximum absolute atomic E-state index is 12.6. The summed E-state index contributed by atoms with van der Waals surface area (Å²) in [6, 6.07) is 10.4. The average Bonchev–Trinajstić information content (AvgIpc) is 2.91. The number of thiophene rings is 1. The van der Waals surface area contributed by atoms with Gasteiger partial charge in [-0.25, -0.2) is 4.98 Å². The Kier molecular flexibility index (Phi) is 4.41. The third kappa shape index (κ3) is 3.18. The third-order valence-corrected chi connectivity index (χ3v) is 4.97. The number of nitrogens with zero attached hydrogens (tertiary/aromatic N) is 1. The van der Waals surface area contributed by atoms with Gasteiger partial charge in [-0.2, -0.15) is 0 Å². The van der Waals surface area contributed by atoms with Crippen LogP contribution in [0.25, 0.3) is 10.2 Å². The first kappa shape index (κ1) is 16.9. The zero-order chi connectivity index (χ0) is 18.1. The van der Waals surface area contributed by atoms with Crippen LogP contribution in [0.3, 0.4) is 0 Å². The highest BCUT2D eigenvalue weighted by Gasteiger charge is 2.19. The molecule has 5 N–H and O–H groups in total. The van der Waals surface area contributed by atoms with E-state index in [4.69, 9.17) is 11.5 Å². The predicted molar refractivity (Wildman–Crippen MR) is 101 cm³/mol. The Balaban J connectivity index is 1.98. The smallest absolute Gasteiger partial charge is 0.267 e. The van der Waals surface area contributed by atoms with Crippen LogP contribution in [-0.2, 0) is 0 Å². The van der Waals surface area contributed by atoms with Crippen LogP contribution < -0.4 is 16.8 Å². The fraction of sp³-hybridized carbons (Fsp3) is 0.167. The highest BCUT2D eigenvalue weighted by Crippen LogP contribution is 2.34. The Morgan fingerprint density at radius 3 is 2.56 bits per heavy atom. The second kappa shape index (κ2) is 6.52. The number of para-hydroxylation sites is 1. The Bertz CT molecular complexity index is 978. The van der Waals surface area contributed by atoms with Crippen LogP contribution in [0.2, 0.25) is 0 Å². The van der Waals surface area contributed by atoms with Crippen molar-refractivity contribution in [2.75, 3.05) is 11.1 Å². The Hall–Kier alpha value is -2.93. The number of benzene rings is 1. The molecule has 128 valence electrons. The van der Waals surface area contributed by atoms with Crippen LogP contribution in [0.1, 0.15) is 45.5 Å². The molecule has 0 radical (unpaired) electrons. The number of anilines is 2. The molecule has 0 saturated carbocycles. The number of hydrogen-bond donors (Lipinski definition) is 3. The molecule has 7 heteroatoms. The van der Waals surface area contributed by atoms with E-state index < -0.39 is 5.91 Å². The lowest BCUT2D eigenvalue weighted by atomic mass is 10.1. The van der Waals surface area contributed by atoms with Gasteiger partial charge in [-0.05, 0) is 30.2 Å². The molecule has 2 heterocycles. The Morgan fingerprint density at radius 1 is 1.16 bits per heavy atom. The summed E-state index contributed by atoms with van der Waals surface area (Å²) in [4.78, 5) is 29.8. The number of fused-ring (bicyclic) bond motifs is 1. The Labute approximate surface area is 148 Å². The molecule has 0 atom stereocenters. The van der Waals surface area contributed by atoms with Gasteiger partial charge in [0.05, 0.1) is 16.9 Å². The lowest BCUT2D eigenvalue weighted by Crippen LogP contribution is -2.18. The summed E-state index contributed by atoms with van der Waals surface area (Å²) in [6.45, 7) is 4.11. The van der Waals surface area contributed by atoms with Crippen LogP contribution in [0, 0.1) is 0 Å². The summed E-state index contributed by atoms with van der Waals surface area (Å²) < 4.78 is 0. The Morgan fingerprint density at radius 2 is 1.88 bits per heavy atom. The molecule has 6 nitrogen and oxygen atoms in total. The summed E-state index contributed by atoms with van der Waals surface area (Å²) >= 11 is 1.23. The number of nitrogens with one attached hydrogen (secondary N) is 1. The summed E-state index contributed by atoms with van der Waals surface area (Å²) in [6.07, 6.45) is 0. The number of primary amides is 1. The second-order valence-corrected chi connectivity index (χ2v) is 6.95. The topological polar surface area (TPSA) is 111 Å². The lowest BCUT2D eigenvalue weighted by molar-refractivity contribution is 0.100. The molecule has 0 spiro atoms. The summed E-state index contributed by atoms with van der Waals surface area (Å²) in [7, 11) is 0. The van der Waals surface area contributed by atoms with E-state index in [2.05, 4.69) is 24.1 Å². The molecule has 2 amide bonds. The van der Waals surface area contributed by atoms with Gasteiger partial charge in [0.2, 0.25) is 0 Å². The molecular formula is C18H18N4O2S. The van der Waals surface area contributed by atoms with Gasteiger partial charge in [0, 0.05) is 11.1 Å². The molecule has 0 aliphatic rings. The molecule has 0 bridgehead atoms. The highest BCUT2D eigenvalue weighted by atomic mass is 32.1. The minimum absolute atomic E-state index is 0.246. The van der Waals surface area contributed by atoms with E-state index in [0.717, 1.165) is 15.9 Å². The van der Waals surface area contributed by atoms with Crippen LogP contribution in [0.15, 0.2) is 36.4 Å². The number of aromatic nitrogens is 1. The van der Waals surface area contributed by atoms with Crippen molar-refractivity contribution in [3.63, 3.8) is 0 Å². The number of carbonyl (C=O) groups excluding carboxylic acids is 2. The van der Waals surface area contributed by atoms with Gasteiger partial charge >= 0.3 is 0 Å². The average molecular weight is 354 g/mol. The zero-order valence-corrected chi connectivity index (χ0v) is 14.7. The summed E-state index contributed by atoms with van der Waals surface area (Å²) in [5.74, 6) is -0.712. The number of nitrogen functional groups attached to an aromatic ring is 1. The monoisotopic (exact) mass is 354 g/mol. The van der Waals surface area contributed by atoms with Crippen molar-refractivity contribution in [2.45, 2.75) is 19.8 Å². The number of pyridine rings is 1. The van der Waals surface area contributed by atoms with E-state index >= 15 is 0 Å². The normalized spacial score (nSPS) is 11.0. The maximum Gasteiger partial charge on any atom is 0.267 e. The minimum atomic E-state index is -0.608. The van der Waals surface area contributed by atoms with Gasteiger partial charge in [0.15, 0.2) is 0 Å². The summed E-state index contributed by atoms with van der Waals surface area (Å²) in [5.41, 5.74) is 13.4. The van der Waals surface area contributed by atoms with Gasteiger partial charge in [-0.3, -0.25) is 9.59 Å². The van der Waals surface area contributed by atoms with E-state index in [1.165, 1.54) is 11.3 Å². The number of hydrogen-bond acceptors (Lipinski definition) is 5. The largest absolute Gasteiger partial charge is 0.397 e. The number of rotatable bonds is 4. The highest BCUT2D eigenvalue weighted by molar-refractivity contribution is 7.21. The molecule has 0 unspecified atom stereocenters. The van der Waals surface area contributed by atoms with Crippen LogP contribution in [0.4, 0.5) is 11.4 Å². The van der Waals surface area contributed by atoms with Crippen molar-refractivity contribution in [2.24, 2.45) is 5.73 Å². The van der Waals surface area contributed by atoms with E-state index in [1.807, 2.05) is 12.1 Å². The second-order valence-electron chi connectivity index (χ2n) is 5.95. The van der Waals surface area contributed by atoms with Gasteiger partial charge < -0.3 is 16.8 Å². The molecule has 1 aromatic carbocycles. The van der Waals surface area contributed by atoms with Crippen molar-refractivity contribution < 1.29 is 9.59 Å². The molecule has 0 fully saturated rings. The van der Waals surface area contributed by atoms with Crippen LogP contribution >= 0.6 is 11.3 Å². The van der Waals surface area contributed by atoms with Crippen molar-refractivity contribution >= 4 is 44.7 Å². The van der Waals surface area contributed by atoms with Gasteiger partial charge in [0.25, 0.3) is 11.8 Å². The van der Waals surface area contributed by atoms with Crippen LogP contribution in [0.5, 0.6) is 0 Å². The predicted octanol–water partition coefficient (Wildman–Crippen LogP) is 3.35. The molecule has 25 heavy (non-hydrogen) atoms. The summed E-state index contributed by atoms with van der Waals surface area (Å²) in [5, 5.41) is 3.46. The number of carbonyl (C=O) groups is 2. The minimum Gasteiger partial charge on any atom is -0.397 e. The fourth-order valence-electron chi connectivity index (χ4n) is 2.49. The van der Waals surface area contributed by atoms with Crippen molar-refractivity contribution in [3.8, 4) is 0 Å². The van der Waals surface area contributed by atoms with Crippen molar-refractivity contribution in [1.82, 2.24) is 4.98 Å². The number of nitrogens with two attached hydrogens (primary N) is 2. The van der Waals surface area contributed by atoms with Crippen LogP contribution in [-0.4, -0.2) is 16.8 Å². The first-order chi connectivity index (χ1) is 11.9. The molecular weight excluding hydrogens is 336 g/mol. The van der Waals surface area contributed by atoms with E-state index in [1.54, 1.807) is 24.3 Å². The third-order valence-electron chi connectivity index (χ3n) is 3.85. The molecule has 3 rings (SSSR count). The quantitative estimate of drug-likeness (QED) is 0.667. The number of amides is 2. The van der Waals surface area contributed by atoms with E-state index in [0.29, 0.717) is 16.3 Å². The zero-order valence-electron chi connectivity index (χ0n) is 13.9. The molecule has 0 aliphatic heterocycles. The first-order valence-corrected chi connectivity index (χ1v) is 8.59. The van der Waals surface area contributed by atoms with Crippen molar-refractivity contribution in [1.29, 1.82) is 0 Å². The molecule has 0 aliphatic carbocycles. The van der Waals surface area contributed by atoms with Gasteiger partial charge in [-0.15, -0.1) is 11.3 Å². The molecule has 0 saturated heterocycles. The van der Waals surface area contributed by atoms with Crippen molar-refractivity contribution in [3.05, 3.63) is 52.5 Å². The molecule has 3 aromatic rings.